The summed E-state index contributed by atoms with van der Waals surface area (Å²) in [5.74, 6) is 0.904. The maximum absolute atomic E-state index is 6.27. The highest BCUT2D eigenvalue weighted by molar-refractivity contribution is 6.38. The van der Waals surface area contributed by atoms with Crippen molar-refractivity contribution < 1.29 is 0 Å². The molecule has 0 bridgehead atoms. The molecule has 0 aliphatic carbocycles. The lowest BCUT2D eigenvalue weighted by molar-refractivity contribution is 0.590. The first-order valence-electron chi connectivity index (χ1n) is 6.37. The molecule has 19 heavy (non-hydrogen) atoms. The molecule has 1 aromatic carbocycles. The van der Waals surface area contributed by atoms with E-state index in [0.29, 0.717) is 10.0 Å². The van der Waals surface area contributed by atoms with Crippen molar-refractivity contribution in [2.75, 3.05) is 11.9 Å². The van der Waals surface area contributed by atoms with Crippen LogP contribution in [0.1, 0.15) is 33.3 Å². The van der Waals surface area contributed by atoms with Gasteiger partial charge in [0.25, 0.3) is 0 Å². The van der Waals surface area contributed by atoms with E-state index in [2.05, 4.69) is 44.1 Å². The van der Waals surface area contributed by atoms with Crippen LogP contribution in [0.3, 0.4) is 0 Å². The largest absolute Gasteiger partial charge is 0.370 e. The van der Waals surface area contributed by atoms with Gasteiger partial charge < -0.3 is 5.32 Å². The van der Waals surface area contributed by atoms with Crippen molar-refractivity contribution >= 4 is 39.9 Å². The van der Waals surface area contributed by atoms with Crippen molar-refractivity contribution in [1.82, 2.24) is 4.98 Å². The second-order valence-corrected chi connectivity index (χ2v) is 6.46. The molecule has 0 saturated carbocycles. The number of fused-ring (bicyclic) bond motifs is 1. The first-order valence-corrected chi connectivity index (χ1v) is 7.12. The molecule has 1 heterocycles. The van der Waals surface area contributed by atoms with Crippen LogP contribution in [0.5, 0.6) is 0 Å². The maximum atomic E-state index is 6.27. The number of benzene rings is 1. The van der Waals surface area contributed by atoms with Crippen LogP contribution in [0.25, 0.3) is 10.9 Å². The summed E-state index contributed by atoms with van der Waals surface area (Å²) in [5.41, 5.74) is 1.98. The Hall–Kier alpha value is -0.990. The molecule has 2 rings (SSSR count). The van der Waals surface area contributed by atoms with Crippen molar-refractivity contribution in [3.05, 3.63) is 33.8 Å². The predicted molar refractivity (Wildman–Crippen MR) is 84.6 cm³/mol. The van der Waals surface area contributed by atoms with Gasteiger partial charge in [0.05, 0.1) is 10.5 Å². The number of halogens is 2. The second-order valence-electron chi connectivity index (χ2n) is 5.62. The van der Waals surface area contributed by atoms with Crippen LogP contribution in [-0.4, -0.2) is 11.5 Å². The van der Waals surface area contributed by atoms with Crippen molar-refractivity contribution in [1.29, 1.82) is 0 Å². The number of pyridine rings is 1. The molecule has 4 heteroatoms. The Morgan fingerprint density at radius 1 is 1.16 bits per heavy atom. The van der Waals surface area contributed by atoms with Gasteiger partial charge >= 0.3 is 0 Å². The molecule has 0 radical (unpaired) electrons. The lowest BCUT2D eigenvalue weighted by atomic mass is 9.86. The molecule has 2 nitrogen and oxygen atoms in total. The van der Waals surface area contributed by atoms with E-state index < -0.39 is 0 Å². The molecule has 2 aromatic rings. The van der Waals surface area contributed by atoms with E-state index in [4.69, 9.17) is 23.2 Å². The standard InChI is InChI=1S/C15H18Cl2N2/c1-5-18-14-11(15(2,3)4)8-10-12(17)6-9(16)7-13(10)19-14/h6-8H,5H2,1-4H3,(H,18,19). The van der Waals surface area contributed by atoms with Crippen LogP contribution in [0, 0.1) is 0 Å². The maximum Gasteiger partial charge on any atom is 0.130 e. The van der Waals surface area contributed by atoms with E-state index in [-0.39, 0.29) is 5.41 Å². The highest BCUT2D eigenvalue weighted by Crippen LogP contribution is 2.35. The molecular weight excluding hydrogens is 279 g/mol. The molecular formula is C15H18Cl2N2. The number of aromatic nitrogens is 1. The fourth-order valence-corrected chi connectivity index (χ4v) is 2.61. The molecule has 0 spiro atoms. The summed E-state index contributed by atoms with van der Waals surface area (Å²) in [5, 5.41) is 5.51. The van der Waals surface area contributed by atoms with E-state index in [1.165, 1.54) is 0 Å². The number of nitrogens with zero attached hydrogens (tertiary/aromatic N) is 1. The highest BCUT2D eigenvalue weighted by atomic mass is 35.5. The number of anilines is 1. The Labute approximate surface area is 124 Å². The van der Waals surface area contributed by atoms with Crippen molar-refractivity contribution in [2.24, 2.45) is 0 Å². The van der Waals surface area contributed by atoms with E-state index in [1.807, 2.05) is 6.07 Å². The van der Waals surface area contributed by atoms with Crippen LogP contribution in [0.4, 0.5) is 5.82 Å². The van der Waals surface area contributed by atoms with Crippen LogP contribution in [0.15, 0.2) is 18.2 Å². The Morgan fingerprint density at radius 2 is 1.84 bits per heavy atom. The molecule has 0 saturated heterocycles. The first kappa shape index (κ1) is 14.4. The zero-order valence-corrected chi connectivity index (χ0v) is 13.2. The van der Waals surface area contributed by atoms with E-state index in [0.717, 1.165) is 28.8 Å². The summed E-state index contributed by atoms with van der Waals surface area (Å²) in [4.78, 5) is 4.67. The van der Waals surface area contributed by atoms with Gasteiger partial charge in [-0.15, -0.1) is 0 Å². The van der Waals surface area contributed by atoms with Gasteiger partial charge in [-0.2, -0.15) is 0 Å². The Bertz CT molecular complexity index is 616. The van der Waals surface area contributed by atoms with E-state index >= 15 is 0 Å². The van der Waals surface area contributed by atoms with Gasteiger partial charge in [0.2, 0.25) is 0 Å². The van der Waals surface area contributed by atoms with Gasteiger partial charge in [-0.05, 0) is 30.5 Å². The monoisotopic (exact) mass is 296 g/mol. The third-order valence-electron chi connectivity index (χ3n) is 3.00. The third-order valence-corrected chi connectivity index (χ3v) is 3.53. The Morgan fingerprint density at radius 3 is 2.42 bits per heavy atom. The van der Waals surface area contributed by atoms with Crippen molar-refractivity contribution in [3.63, 3.8) is 0 Å². The normalized spacial score (nSPS) is 11.9. The number of nitrogens with one attached hydrogen (secondary N) is 1. The van der Waals surface area contributed by atoms with Crippen LogP contribution >= 0.6 is 23.2 Å². The lowest BCUT2D eigenvalue weighted by Crippen LogP contribution is -2.16. The summed E-state index contributed by atoms with van der Waals surface area (Å²) < 4.78 is 0. The van der Waals surface area contributed by atoms with Gasteiger partial charge in [0, 0.05) is 22.5 Å². The molecule has 102 valence electrons. The summed E-state index contributed by atoms with van der Waals surface area (Å²) in [6.45, 7) is 9.39. The summed E-state index contributed by atoms with van der Waals surface area (Å²) in [6.07, 6.45) is 0. The van der Waals surface area contributed by atoms with Crippen molar-refractivity contribution in [2.45, 2.75) is 33.1 Å². The fourth-order valence-electron chi connectivity index (χ4n) is 2.07. The third kappa shape index (κ3) is 2.96. The predicted octanol–water partition coefficient (Wildman–Crippen LogP) is 5.27. The van der Waals surface area contributed by atoms with Gasteiger partial charge in [-0.3, -0.25) is 0 Å². The number of hydrogen-bond acceptors (Lipinski definition) is 2. The minimum Gasteiger partial charge on any atom is -0.370 e. The minimum absolute atomic E-state index is 0.00165. The van der Waals surface area contributed by atoms with Crippen LogP contribution in [-0.2, 0) is 5.41 Å². The number of rotatable bonds is 2. The van der Waals surface area contributed by atoms with E-state index in [9.17, 15) is 0 Å². The zero-order valence-electron chi connectivity index (χ0n) is 11.6. The van der Waals surface area contributed by atoms with Gasteiger partial charge in [0.1, 0.15) is 5.82 Å². The van der Waals surface area contributed by atoms with Gasteiger partial charge in [0.15, 0.2) is 0 Å². The molecule has 0 aliphatic heterocycles. The van der Waals surface area contributed by atoms with Gasteiger partial charge in [-0.1, -0.05) is 44.0 Å². The SMILES string of the molecule is CCNc1nc2cc(Cl)cc(Cl)c2cc1C(C)(C)C. The van der Waals surface area contributed by atoms with Crippen LogP contribution < -0.4 is 5.32 Å². The lowest BCUT2D eigenvalue weighted by Gasteiger charge is -2.23. The first-order chi connectivity index (χ1) is 8.82. The fraction of sp³-hybridized carbons (Fsp3) is 0.400. The highest BCUT2D eigenvalue weighted by Gasteiger charge is 2.20. The average Bonchev–Trinajstić information content (AvgIpc) is 2.26. The van der Waals surface area contributed by atoms with Crippen LogP contribution in [0.2, 0.25) is 10.0 Å². The minimum atomic E-state index is 0.00165. The summed E-state index contributed by atoms with van der Waals surface area (Å²) in [6, 6.07) is 5.71. The zero-order chi connectivity index (χ0) is 14.2. The molecule has 1 N–H and O–H groups in total. The smallest absolute Gasteiger partial charge is 0.130 e. The Kier molecular flexibility index (Phi) is 3.93. The second kappa shape index (κ2) is 5.18. The molecule has 1 aromatic heterocycles. The molecule has 0 atom stereocenters. The van der Waals surface area contributed by atoms with E-state index in [1.54, 1.807) is 6.07 Å². The average molecular weight is 297 g/mol. The number of hydrogen-bond donors (Lipinski definition) is 1. The molecule has 0 unspecified atom stereocenters. The van der Waals surface area contributed by atoms with Gasteiger partial charge in [-0.25, -0.2) is 4.98 Å². The Balaban J connectivity index is 2.76. The molecule has 0 aliphatic rings. The van der Waals surface area contributed by atoms with Crippen molar-refractivity contribution in [3.8, 4) is 0 Å². The summed E-state index contributed by atoms with van der Waals surface area (Å²) in [7, 11) is 0. The quantitative estimate of drug-likeness (QED) is 0.816. The molecule has 0 amide bonds. The topological polar surface area (TPSA) is 24.9 Å². The molecule has 0 fully saturated rings. The summed E-state index contributed by atoms with van der Waals surface area (Å²) >= 11 is 12.3.